The zero-order chi connectivity index (χ0) is 28.1. The molecule has 5 heteroatoms. The molecule has 218 valence electrons. The van der Waals surface area contributed by atoms with E-state index in [0.29, 0.717) is 12.0 Å². The molecule has 0 unspecified atom stereocenters. The zero-order valence-electron chi connectivity index (χ0n) is 24.9. The summed E-state index contributed by atoms with van der Waals surface area (Å²) in [7, 11) is 3.74. The molecule has 1 N–H and O–H groups in total. The predicted molar refractivity (Wildman–Crippen MR) is 164 cm³/mol. The minimum absolute atomic E-state index is 0.00286. The Morgan fingerprint density at radius 1 is 0.952 bits per heavy atom. The Kier molecular flexibility index (Phi) is 5.46. The number of rotatable bonds is 8. The third-order valence-electron chi connectivity index (χ3n) is 12.5. The van der Waals surface area contributed by atoms with Gasteiger partial charge in [-0.25, -0.2) is 0 Å². The molecule has 2 aliphatic heterocycles. The molecule has 3 aromatic carbocycles. The molecule has 0 radical (unpaired) electrons. The van der Waals surface area contributed by atoms with Gasteiger partial charge in [0.15, 0.2) is 11.5 Å². The highest BCUT2D eigenvalue weighted by atomic mass is 16.6. The van der Waals surface area contributed by atoms with E-state index in [1.165, 1.54) is 61.0 Å². The quantitative estimate of drug-likeness (QED) is 0.331. The summed E-state index contributed by atoms with van der Waals surface area (Å²) in [6, 6.07) is 24.9. The number of benzene rings is 3. The van der Waals surface area contributed by atoms with Gasteiger partial charge in [0.2, 0.25) is 0 Å². The average Bonchev–Trinajstić information content (AvgIpc) is 3.78. The Balaban J connectivity index is 1.13. The van der Waals surface area contributed by atoms with Crippen LogP contribution in [0.25, 0.3) is 0 Å². The van der Waals surface area contributed by atoms with Crippen LogP contribution in [0.3, 0.4) is 0 Å². The van der Waals surface area contributed by atoms with E-state index in [9.17, 15) is 0 Å². The van der Waals surface area contributed by atoms with E-state index in [0.717, 1.165) is 48.9 Å². The normalized spacial score (nSPS) is 35.4. The number of nitrogens with zero attached hydrogens (tertiary/aromatic N) is 1. The number of hydrogen-bond donors (Lipinski definition) is 1. The molecule has 0 aromatic heterocycles. The highest BCUT2D eigenvalue weighted by Gasteiger charge is 2.80. The minimum Gasteiger partial charge on any atom is -0.493 e. The summed E-state index contributed by atoms with van der Waals surface area (Å²) in [5.41, 5.74) is 6.64. The zero-order valence-corrected chi connectivity index (χ0v) is 24.9. The third kappa shape index (κ3) is 3.22. The fraction of sp³-hybridized carbons (Fsp3) is 0.514. The van der Waals surface area contributed by atoms with E-state index < -0.39 is 0 Å². The fourth-order valence-corrected chi connectivity index (χ4v) is 10.6. The summed E-state index contributed by atoms with van der Waals surface area (Å²) in [6.07, 6.45) is 8.55. The smallest absolute Gasteiger partial charge is 0.165 e. The van der Waals surface area contributed by atoms with Crippen molar-refractivity contribution < 1.29 is 14.2 Å². The molecule has 5 fully saturated rings. The van der Waals surface area contributed by atoms with Crippen LogP contribution in [0.4, 0.5) is 5.69 Å². The molecule has 2 heterocycles. The number of fused-ring (bicyclic) bond motifs is 2. The van der Waals surface area contributed by atoms with Gasteiger partial charge in [0.25, 0.3) is 0 Å². The van der Waals surface area contributed by atoms with E-state index in [2.05, 4.69) is 76.9 Å². The maximum Gasteiger partial charge on any atom is 0.165 e. The van der Waals surface area contributed by atoms with Crippen LogP contribution in [0.2, 0.25) is 0 Å². The van der Waals surface area contributed by atoms with Crippen molar-refractivity contribution in [3.8, 4) is 11.5 Å². The lowest BCUT2D eigenvalue weighted by Crippen LogP contribution is -2.80. The van der Waals surface area contributed by atoms with E-state index in [1.54, 1.807) is 7.11 Å². The van der Waals surface area contributed by atoms with Crippen molar-refractivity contribution in [1.29, 1.82) is 0 Å². The lowest BCUT2D eigenvalue weighted by Gasteiger charge is -2.74. The van der Waals surface area contributed by atoms with Gasteiger partial charge in [0, 0.05) is 54.2 Å². The van der Waals surface area contributed by atoms with Gasteiger partial charge in [-0.05, 0) is 92.3 Å². The Hall–Kier alpha value is -3.02. The Bertz CT molecular complexity index is 1520. The first kappa shape index (κ1) is 25.5. The van der Waals surface area contributed by atoms with Crippen molar-refractivity contribution in [2.24, 2.45) is 11.3 Å². The van der Waals surface area contributed by atoms with E-state index >= 15 is 0 Å². The Labute approximate surface area is 249 Å². The average molecular weight is 563 g/mol. The summed E-state index contributed by atoms with van der Waals surface area (Å²) in [5, 5.41) is 3.62. The van der Waals surface area contributed by atoms with Crippen LogP contribution >= 0.6 is 0 Å². The van der Waals surface area contributed by atoms with Crippen molar-refractivity contribution in [1.82, 2.24) is 4.90 Å². The molecule has 4 bridgehead atoms. The summed E-state index contributed by atoms with van der Waals surface area (Å²) in [5.74, 6) is 3.10. The van der Waals surface area contributed by atoms with Crippen molar-refractivity contribution in [2.45, 2.75) is 80.6 Å². The molecule has 3 aromatic rings. The van der Waals surface area contributed by atoms with E-state index in [4.69, 9.17) is 14.2 Å². The largest absolute Gasteiger partial charge is 0.493 e. The van der Waals surface area contributed by atoms with Crippen LogP contribution in [-0.2, 0) is 23.1 Å². The van der Waals surface area contributed by atoms with E-state index in [1.807, 2.05) is 7.11 Å². The highest BCUT2D eigenvalue weighted by molar-refractivity contribution is 5.64. The van der Waals surface area contributed by atoms with E-state index in [-0.39, 0.29) is 22.5 Å². The van der Waals surface area contributed by atoms with Gasteiger partial charge in [-0.15, -0.1) is 0 Å². The first-order valence-corrected chi connectivity index (χ1v) is 16.2. The topological polar surface area (TPSA) is 43.0 Å². The maximum atomic E-state index is 7.23. The monoisotopic (exact) mass is 562 g/mol. The van der Waals surface area contributed by atoms with Gasteiger partial charge < -0.3 is 19.5 Å². The first-order chi connectivity index (χ1) is 20.6. The second-order valence-electron chi connectivity index (χ2n) is 14.0. The molecular formula is C37H42N2O3. The Morgan fingerprint density at radius 3 is 2.55 bits per heavy atom. The molecule has 10 rings (SSSR count). The third-order valence-corrected chi connectivity index (χ3v) is 12.5. The lowest BCUT2D eigenvalue weighted by molar-refractivity contribution is -0.261. The first-order valence-electron chi connectivity index (χ1n) is 16.2. The summed E-state index contributed by atoms with van der Waals surface area (Å²) in [6.45, 7) is 3.27. The van der Waals surface area contributed by atoms with Crippen molar-refractivity contribution >= 4 is 5.69 Å². The van der Waals surface area contributed by atoms with Gasteiger partial charge in [0.05, 0.1) is 7.11 Å². The molecule has 6 atom stereocenters. The molecule has 0 amide bonds. The SMILES string of the molecule is COc1ccc2c3c1O[C@H]1[C@@]4(OC)CC[C@@]5(C[C@@H]4c4ccc(NCc6ccccc6)cc4)[C@@H](C2)N(CC2CC2)CC[C@]315. The standard InChI is InChI=1S/C37H42N2O3/c1-40-30-15-12-27-20-31-35-16-17-37(41-2,34-36(35,32(27)33(30)42-34)18-19-39(31)23-25-8-9-25)29(21-35)26-10-13-28(14-11-26)38-22-24-6-4-3-5-7-24/h3-7,10-15,25,29,31,34,38H,8-9,16-23H2,1-2H3/t29-,31-,34-,35-,36+,37-/m1/s1. The van der Waals surface area contributed by atoms with Crippen LogP contribution in [-0.4, -0.2) is 50.0 Å². The van der Waals surface area contributed by atoms with Crippen LogP contribution in [0, 0.1) is 11.3 Å². The molecule has 7 aliphatic rings. The van der Waals surface area contributed by atoms with Crippen molar-refractivity contribution in [2.75, 3.05) is 32.6 Å². The lowest BCUT2D eigenvalue weighted by atomic mass is 9.34. The van der Waals surface area contributed by atoms with Gasteiger partial charge in [-0.2, -0.15) is 0 Å². The molecule has 42 heavy (non-hydrogen) atoms. The van der Waals surface area contributed by atoms with Gasteiger partial charge in [0.1, 0.15) is 11.7 Å². The second kappa shape index (κ2) is 9.00. The molecule has 1 saturated heterocycles. The molecule has 5 aliphatic carbocycles. The Morgan fingerprint density at radius 2 is 1.79 bits per heavy atom. The molecule has 4 saturated carbocycles. The number of ether oxygens (including phenoxy) is 3. The van der Waals surface area contributed by atoms with Crippen LogP contribution in [0.15, 0.2) is 66.7 Å². The summed E-state index contributed by atoms with van der Waals surface area (Å²) < 4.78 is 20.0. The summed E-state index contributed by atoms with van der Waals surface area (Å²) >= 11 is 0. The summed E-state index contributed by atoms with van der Waals surface area (Å²) in [4.78, 5) is 2.92. The van der Waals surface area contributed by atoms with Crippen molar-refractivity contribution in [3.05, 3.63) is 89.0 Å². The van der Waals surface area contributed by atoms with Gasteiger partial charge in [-0.1, -0.05) is 48.5 Å². The second-order valence-corrected chi connectivity index (χ2v) is 14.0. The number of anilines is 1. The molecular weight excluding hydrogens is 520 g/mol. The predicted octanol–water partition coefficient (Wildman–Crippen LogP) is 6.70. The number of hydrogen-bond acceptors (Lipinski definition) is 5. The molecule has 2 spiro atoms. The molecule has 5 nitrogen and oxygen atoms in total. The number of nitrogens with one attached hydrogen (secondary N) is 1. The number of piperidine rings is 1. The van der Waals surface area contributed by atoms with Crippen molar-refractivity contribution in [3.63, 3.8) is 0 Å². The van der Waals surface area contributed by atoms with Crippen LogP contribution in [0.5, 0.6) is 11.5 Å². The van der Waals surface area contributed by atoms with Crippen LogP contribution in [0.1, 0.15) is 66.7 Å². The fourth-order valence-electron chi connectivity index (χ4n) is 10.6. The van der Waals surface area contributed by atoms with Crippen LogP contribution < -0.4 is 14.8 Å². The highest BCUT2D eigenvalue weighted by Crippen LogP contribution is 2.78. The number of likely N-dealkylation sites (tertiary alicyclic amines) is 1. The van der Waals surface area contributed by atoms with Gasteiger partial charge in [-0.3, -0.25) is 4.90 Å². The van der Waals surface area contributed by atoms with Gasteiger partial charge >= 0.3 is 0 Å². The minimum atomic E-state index is -0.359. The number of methoxy groups -OCH3 is 2. The maximum absolute atomic E-state index is 7.23.